The van der Waals surface area contributed by atoms with Gasteiger partial charge < -0.3 is 31.9 Å². The van der Waals surface area contributed by atoms with Gasteiger partial charge in [0, 0.05) is 0 Å². The van der Waals surface area contributed by atoms with Crippen molar-refractivity contribution in [1.29, 1.82) is 0 Å². The van der Waals surface area contributed by atoms with Crippen molar-refractivity contribution in [2.45, 2.75) is 50.9 Å². The summed E-state index contributed by atoms with van der Waals surface area (Å²) in [5.74, 6) is -3.06. The van der Waals surface area contributed by atoms with Crippen molar-refractivity contribution in [3.8, 4) is 0 Å². The van der Waals surface area contributed by atoms with Crippen molar-refractivity contribution in [3.05, 3.63) is 35.9 Å². The summed E-state index contributed by atoms with van der Waals surface area (Å²) < 4.78 is 0. The number of rotatable bonds is 14. The molecule has 4 atom stereocenters. The average molecular weight is 483 g/mol. The van der Waals surface area contributed by atoms with E-state index in [0.29, 0.717) is 5.75 Å². The van der Waals surface area contributed by atoms with Gasteiger partial charge in [-0.2, -0.15) is 11.8 Å². The molecule has 0 bridgehead atoms. The quantitative estimate of drug-likeness (QED) is 0.206. The third-order valence-corrected chi connectivity index (χ3v) is 5.57. The number of hydrogen-bond donors (Lipinski definition) is 6. The number of aliphatic hydroxyl groups is 1. The van der Waals surface area contributed by atoms with Crippen LogP contribution < -0.4 is 21.7 Å². The van der Waals surface area contributed by atoms with E-state index in [2.05, 4.69) is 16.0 Å². The van der Waals surface area contributed by atoms with Crippen molar-refractivity contribution >= 4 is 35.5 Å². The summed E-state index contributed by atoms with van der Waals surface area (Å²) in [4.78, 5) is 49.2. The summed E-state index contributed by atoms with van der Waals surface area (Å²) in [6.45, 7) is 2.67. The Morgan fingerprint density at radius 1 is 0.970 bits per heavy atom. The Kier molecular flexibility index (Phi) is 12.5. The van der Waals surface area contributed by atoms with E-state index in [9.17, 15) is 29.4 Å². The van der Waals surface area contributed by atoms with Crippen LogP contribution in [0, 0.1) is 5.92 Å². The third kappa shape index (κ3) is 9.80. The average Bonchev–Trinajstić information content (AvgIpc) is 2.78. The molecule has 0 aromatic heterocycles. The molecule has 0 aliphatic carbocycles. The van der Waals surface area contributed by atoms with E-state index < -0.39 is 54.5 Å². The van der Waals surface area contributed by atoms with E-state index in [1.807, 2.05) is 36.6 Å². The molecule has 0 aliphatic heterocycles. The normalized spacial score (nSPS) is 14.6. The van der Waals surface area contributed by atoms with Gasteiger partial charge >= 0.3 is 5.97 Å². The van der Waals surface area contributed by atoms with Crippen LogP contribution in [0.3, 0.4) is 0 Å². The zero-order valence-electron chi connectivity index (χ0n) is 19.1. The van der Waals surface area contributed by atoms with Gasteiger partial charge in [-0.1, -0.05) is 44.2 Å². The van der Waals surface area contributed by atoms with Gasteiger partial charge in [-0.05, 0) is 36.3 Å². The molecule has 0 aliphatic rings. The first-order chi connectivity index (χ1) is 15.6. The van der Waals surface area contributed by atoms with Gasteiger partial charge in [0.25, 0.3) is 0 Å². The Morgan fingerprint density at radius 3 is 2.09 bits per heavy atom. The van der Waals surface area contributed by atoms with Crippen molar-refractivity contribution in [1.82, 2.24) is 16.0 Å². The van der Waals surface area contributed by atoms with Crippen LogP contribution >= 0.6 is 11.8 Å². The number of carboxylic acids is 1. The second-order valence-electron chi connectivity index (χ2n) is 7.95. The van der Waals surface area contributed by atoms with Crippen LogP contribution in [-0.2, 0) is 25.6 Å². The van der Waals surface area contributed by atoms with Crippen LogP contribution in [0.15, 0.2) is 30.3 Å². The minimum Gasteiger partial charge on any atom is -0.480 e. The molecule has 0 heterocycles. The Balaban J connectivity index is 2.77. The Morgan fingerprint density at radius 2 is 1.58 bits per heavy atom. The van der Waals surface area contributed by atoms with E-state index in [1.165, 1.54) is 11.8 Å². The molecule has 0 saturated carbocycles. The fourth-order valence-corrected chi connectivity index (χ4v) is 3.45. The molecule has 184 valence electrons. The van der Waals surface area contributed by atoms with Crippen LogP contribution in [0.2, 0.25) is 0 Å². The zero-order chi connectivity index (χ0) is 25.0. The molecule has 0 spiro atoms. The summed E-state index contributed by atoms with van der Waals surface area (Å²) in [6.07, 6.45) is 2.30. The maximum Gasteiger partial charge on any atom is 0.326 e. The second-order valence-corrected chi connectivity index (χ2v) is 8.94. The van der Waals surface area contributed by atoms with Crippen LogP contribution in [-0.4, -0.2) is 76.7 Å². The highest BCUT2D eigenvalue weighted by Crippen LogP contribution is 2.07. The minimum atomic E-state index is -1.32. The van der Waals surface area contributed by atoms with Gasteiger partial charge in [0.2, 0.25) is 17.7 Å². The maximum atomic E-state index is 12.7. The lowest BCUT2D eigenvalue weighted by Crippen LogP contribution is -2.59. The predicted octanol–water partition coefficient (Wildman–Crippen LogP) is -0.503. The smallest absolute Gasteiger partial charge is 0.326 e. The van der Waals surface area contributed by atoms with E-state index in [-0.39, 0.29) is 18.8 Å². The number of hydrogen-bond acceptors (Lipinski definition) is 7. The lowest BCUT2D eigenvalue weighted by molar-refractivity contribution is -0.142. The van der Waals surface area contributed by atoms with Crippen molar-refractivity contribution in [2.75, 3.05) is 18.6 Å². The molecule has 0 saturated heterocycles. The number of amides is 3. The molecular weight excluding hydrogens is 448 g/mol. The lowest BCUT2D eigenvalue weighted by atomic mass is 10.0. The van der Waals surface area contributed by atoms with E-state index >= 15 is 0 Å². The van der Waals surface area contributed by atoms with E-state index in [1.54, 1.807) is 13.8 Å². The summed E-state index contributed by atoms with van der Waals surface area (Å²) in [6, 6.07) is 4.70. The first-order valence-electron chi connectivity index (χ1n) is 10.6. The fourth-order valence-electron chi connectivity index (χ4n) is 2.98. The van der Waals surface area contributed by atoms with Crippen LogP contribution in [0.25, 0.3) is 0 Å². The maximum absolute atomic E-state index is 12.7. The zero-order valence-corrected chi connectivity index (χ0v) is 19.9. The standard InChI is InChI=1S/C22H34N4O6S/c1-13(2)18(21(30)24-16(22(31)32)9-10-33-3)26-20(29)17(12-27)25-19(28)15(23)11-14-7-5-4-6-8-14/h4-8,13,15-18,27H,9-12,23H2,1-3H3,(H,24,30)(H,25,28)(H,26,29)(H,31,32). The highest BCUT2D eigenvalue weighted by molar-refractivity contribution is 7.98. The monoisotopic (exact) mass is 482 g/mol. The van der Waals surface area contributed by atoms with Crippen molar-refractivity contribution in [2.24, 2.45) is 11.7 Å². The summed E-state index contributed by atoms with van der Waals surface area (Å²) in [5, 5.41) is 26.3. The molecular formula is C22H34N4O6S. The Labute approximate surface area is 198 Å². The minimum absolute atomic E-state index is 0.232. The van der Waals surface area contributed by atoms with Gasteiger partial charge in [0.1, 0.15) is 18.1 Å². The van der Waals surface area contributed by atoms with Gasteiger partial charge in [0.05, 0.1) is 12.6 Å². The SMILES string of the molecule is CSCCC(NC(=O)C(NC(=O)C(CO)NC(=O)C(N)Cc1ccccc1)C(C)C)C(=O)O. The van der Waals surface area contributed by atoms with E-state index in [0.717, 1.165) is 5.56 Å². The highest BCUT2D eigenvalue weighted by atomic mass is 32.2. The van der Waals surface area contributed by atoms with Gasteiger partial charge in [-0.25, -0.2) is 4.79 Å². The first kappa shape index (κ1) is 28.4. The number of nitrogens with two attached hydrogens (primary N) is 1. The summed E-state index contributed by atoms with van der Waals surface area (Å²) in [7, 11) is 0. The molecule has 0 radical (unpaired) electrons. The lowest BCUT2D eigenvalue weighted by Gasteiger charge is -2.26. The second kappa shape index (κ2) is 14.5. The van der Waals surface area contributed by atoms with Crippen molar-refractivity contribution < 1.29 is 29.4 Å². The molecule has 1 aromatic carbocycles. The molecule has 4 unspecified atom stereocenters. The fraction of sp³-hybridized carbons (Fsp3) is 0.545. The van der Waals surface area contributed by atoms with Crippen molar-refractivity contribution in [3.63, 3.8) is 0 Å². The number of nitrogens with one attached hydrogen (secondary N) is 3. The van der Waals surface area contributed by atoms with Gasteiger partial charge in [-0.15, -0.1) is 0 Å². The molecule has 3 amide bonds. The van der Waals surface area contributed by atoms with Crippen LogP contribution in [0.5, 0.6) is 0 Å². The number of carboxylic acid groups (broad SMARTS) is 1. The number of thioether (sulfide) groups is 1. The van der Waals surface area contributed by atoms with Gasteiger partial charge in [0.15, 0.2) is 0 Å². The first-order valence-corrected chi connectivity index (χ1v) is 12.0. The Hall–Kier alpha value is -2.63. The molecule has 1 rings (SSSR count). The number of aliphatic hydroxyl groups excluding tert-OH is 1. The molecule has 0 fully saturated rings. The summed E-state index contributed by atoms with van der Waals surface area (Å²) in [5.41, 5.74) is 6.77. The topological polar surface area (TPSA) is 171 Å². The molecule has 11 heteroatoms. The predicted molar refractivity (Wildman–Crippen MR) is 126 cm³/mol. The van der Waals surface area contributed by atoms with E-state index in [4.69, 9.17) is 5.73 Å². The molecule has 1 aromatic rings. The molecule has 7 N–H and O–H groups in total. The number of carbonyl (C=O) groups excluding carboxylic acids is 3. The number of aliphatic carboxylic acids is 1. The van der Waals surface area contributed by atoms with Crippen LogP contribution in [0.1, 0.15) is 25.8 Å². The molecule has 10 nitrogen and oxygen atoms in total. The highest BCUT2D eigenvalue weighted by Gasteiger charge is 2.31. The third-order valence-electron chi connectivity index (χ3n) is 4.92. The Bertz CT molecular complexity index is 792. The number of benzene rings is 1. The molecule has 33 heavy (non-hydrogen) atoms. The largest absolute Gasteiger partial charge is 0.480 e. The van der Waals surface area contributed by atoms with Gasteiger partial charge in [-0.3, -0.25) is 14.4 Å². The summed E-state index contributed by atoms with van der Waals surface area (Å²) >= 11 is 1.45. The van der Waals surface area contributed by atoms with Crippen LogP contribution in [0.4, 0.5) is 0 Å². The number of carbonyl (C=O) groups is 4.